The number of aliphatic carboxylic acids is 1. The molecule has 1 aliphatic heterocycles. The van der Waals surface area contributed by atoms with Crippen molar-refractivity contribution < 1.29 is 37.7 Å². The van der Waals surface area contributed by atoms with Crippen LogP contribution in [-0.4, -0.2) is 72.5 Å². The molecule has 0 spiro atoms. The predicted octanol–water partition coefficient (Wildman–Crippen LogP) is 5.78. The Kier molecular flexibility index (Phi) is 11.0. The Balaban J connectivity index is 0.000000616. The summed E-state index contributed by atoms with van der Waals surface area (Å²) in [5.41, 5.74) is 4.27. The molecule has 0 unspecified atom stereocenters. The number of ether oxygens (including phenoxy) is 1. The van der Waals surface area contributed by atoms with E-state index in [2.05, 4.69) is 22.0 Å². The van der Waals surface area contributed by atoms with Crippen LogP contribution in [0.25, 0.3) is 0 Å². The van der Waals surface area contributed by atoms with Crippen LogP contribution in [0.1, 0.15) is 21.5 Å². The van der Waals surface area contributed by atoms with Crippen LogP contribution in [-0.2, 0) is 11.3 Å². The number of aromatic carboxylic acids is 1. The lowest BCUT2D eigenvalue weighted by Gasteiger charge is -2.38. The highest BCUT2D eigenvalue weighted by Crippen LogP contribution is 2.26. The molecule has 4 rings (SSSR count). The van der Waals surface area contributed by atoms with Crippen LogP contribution in [0, 0.1) is 6.92 Å². The summed E-state index contributed by atoms with van der Waals surface area (Å²) in [5, 5.41) is 20.6. The Morgan fingerprint density at radius 1 is 1.00 bits per heavy atom. The molecule has 0 radical (unpaired) electrons. The fourth-order valence-corrected chi connectivity index (χ4v) is 4.26. The maximum Gasteiger partial charge on any atom is 0.490 e. The summed E-state index contributed by atoms with van der Waals surface area (Å²) in [6.07, 6.45) is -5.08. The van der Waals surface area contributed by atoms with Gasteiger partial charge in [0.2, 0.25) is 0 Å². The van der Waals surface area contributed by atoms with Gasteiger partial charge >= 0.3 is 18.1 Å². The number of guanidine groups is 1. The second-order valence-corrected chi connectivity index (χ2v) is 9.65. The lowest BCUT2D eigenvalue weighted by atomic mass is 10.1. The molecule has 0 aromatic heterocycles. The molecule has 3 aromatic rings. The van der Waals surface area contributed by atoms with Crippen LogP contribution in [0.4, 0.5) is 24.5 Å². The van der Waals surface area contributed by atoms with Gasteiger partial charge in [0, 0.05) is 42.6 Å². The lowest BCUT2D eigenvalue weighted by molar-refractivity contribution is -0.192. The van der Waals surface area contributed by atoms with Crippen molar-refractivity contribution in [3.05, 3.63) is 88.4 Å². The highest BCUT2D eigenvalue weighted by Gasteiger charge is 2.38. The number of alkyl halides is 3. The summed E-state index contributed by atoms with van der Waals surface area (Å²) in [5.74, 6) is -2.23. The quantitative estimate of drug-likeness (QED) is 0.239. The van der Waals surface area contributed by atoms with Gasteiger partial charge in [0.1, 0.15) is 5.75 Å². The number of carboxylic acid groups (broad SMARTS) is 2. The van der Waals surface area contributed by atoms with E-state index >= 15 is 0 Å². The summed E-state index contributed by atoms with van der Waals surface area (Å²) in [6.45, 7) is 5.71. The Labute approximate surface area is 245 Å². The number of aryl methyl sites for hydroxylation is 1. The first-order chi connectivity index (χ1) is 19.9. The summed E-state index contributed by atoms with van der Waals surface area (Å²) in [7, 11) is 1.64. The third-order valence-corrected chi connectivity index (χ3v) is 6.48. The topological polar surface area (TPSA) is 115 Å². The van der Waals surface area contributed by atoms with E-state index in [1.54, 1.807) is 25.3 Å². The second kappa shape index (κ2) is 14.4. The maximum atomic E-state index is 11.4. The number of carboxylic acids is 2. The molecule has 9 nitrogen and oxygen atoms in total. The molecule has 0 saturated carbocycles. The van der Waals surface area contributed by atoms with Gasteiger partial charge in [-0.1, -0.05) is 35.9 Å². The van der Waals surface area contributed by atoms with E-state index in [0.717, 1.165) is 48.2 Å². The smallest absolute Gasteiger partial charge is 0.490 e. The molecule has 3 aromatic carbocycles. The van der Waals surface area contributed by atoms with Gasteiger partial charge in [0.05, 0.1) is 19.2 Å². The van der Waals surface area contributed by atoms with Gasteiger partial charge in [0.25, 0.3) is 0 Å². The predicted molar refractivity (Wildman–Crippen MR) is 155 cm³/mol. The highest BCUT2D eigenvalue weighted by molar-refractivity contribution is 6.30. The molecule has 42 heavy (non-hydrogen) atoms. The Morgan fingerprint density at radius 3 is 2.29 bits per heavy atom. The van der Waals surface area contributed by atoms with E-state index < -0.39 is 18.1 Å². The van der Waals surface area contributed by atoms with Crippen molar-refractivity contribution in [1.29, 1.82) is 0 Å². The van der Waals surface area contributed by atoms with Gasteiger partial charge in [-0.3, -0.25) is 0 Å². The van der Waals surface area contributed by atoms with Gasteiger partial charge in [0.15, 0.2) is 5.96 Å². The molecule has 1 heterocycles. The fraction of sp³-hybridized carbons (Fsp3) is 0.276. The highest BCUT2D eigenvalue weighted by atomic mass is 35.5. The fourth-order valence-electron chi connectivity index (χ4n) is 4.10. The van der Waals surface area contributed by atoms with Crippen molar-refractivity contribution in [2.75, 3.05) is 43.5 Å². The van der Waals surface area contributed by atoms with E-state index in [4.69, 9.17) is 31.2 Å². The van der Waals surface area contributed by atoms with E-state index in [0.29, 0.717) is 18.2 Å². The maximum absolute atomic E-state index is 11.4. The standard InChI is InChI=1S/C27H29ClN4O3.C2HF3O2/c1-19-9-10-22(28)17-25(19)31-11-13-32(14-12-31)27(29-18-20-5-3-8-24(15-20)35-2)30-23-7-4-6-21(16-23)26(33)34;3-2(4,5)1(6)7/h3-10,15-17H,11-14,18H2,1-2H3,(H,29,30)(H,33,34);(H,6,7). The molecule has 3 N–H and O–H groups in total. The van der Waals surface area contributed by atoms with Crippen LogP contribution in [0.5, 0.6) is 5.75 Å². The summed E-state index contributed by atoms with van der Waals surface area (Å²) < 4.78 is 37.1. The number of carbonyl (C=O) groups is 2. The Hall–Kier alpha value is -4.45. The van der Waals surface area contributed by atoms with Gasteiger partial charge in [-0.25, -0.2) is 14.6 Å². The van der Waals surface area contributed by atoms with Gasteiger partial charge < -0.3 is 30.1 Å². The van der Waals surface area contributed by atoms with Gasteiger partial charge in [-0.15, -0.1) is 0 Å². The van der Waals surface area contributed by atoms with Crippen molar-refractivity contribution in [1.82, 2.24) is 4.90 Å². The summed E-state index contributed by atoms with van der Waals surface area (Å²) >= 11 is 6.24. The van der Waals surface area contributed by atoms with Crippen molar-refractivity contribution >= 4 is 40.9 Å². The van der Waals surface area contributed by atoms with Gasteiger partial charge in [-0.2, -0.15) is 13.2 Å². The molecule has 1 saturated heterocycles. The normalized spacial score (nSPS) is 13.6. The monoisotopic (exact) mass is 606 g/mol. The minimum absolute atomic E-state index is 0.225. The number of methoxy groups -OCH3 is 1. The first-order valence-electron chi connectivity index (χ1n) is 12.7. The molecule has 1 fully saturated rings. The zero-order chi connectivity index (χ0) is 30.9. The number of nitrogens with one attached hydrogen (secondary N) is 1. The molecule has 0 amide bonds. The average Bonchev–Trinajstić information content (AvgIpc) is 2.96. The number of nitrogens with zero attached hydrogens (tertiary/aromatic N) is 3. The second-order valence-electron chi connectivity index (χ2n) is 9.21. The zero-order valence-electron chi connectivity index (χ0n) is 22.9. The van der Waals surface area contributed by atoms with Crippen LogP contribution in [0.3, 0.4) is 0 Å². The third kappa shape index (κ3) is 9.30. The Morgan fingerprint density at radius 2 is 1.67 bits per heavy atom. The van der Waals surface area contributed by atoms with Crippen molar-refractivity contribution in [2.24, 2.45) is 4.99 Å². The number of piperazine rings is 1. The molecule has 1 aliphatic rings. The number of anilines is 2. The molecular weight excluding hydrogens is 577 g/mol. The van der Waals surface area contributed by atoms with E-state index in [9.17, 15) is 23.1 Å². The molecule has 224 valence electrons. The zero-order valence-corrected chi connectivity index (χ0v) is 23.6. The number of halogens is 4. The number of hydrogen-bond donors (Lipinski definition) is 3. The summed E-state index contributed by atoms with van der Waals surface area (Å²) in [6, 6.07) is 20.6. The van der Waals surface area contributed by atoms with E-state index in [1.807, 2.05) is 48.5 Å². The number of rotatable bonds is 6. The summed E-state index contributed by atoms with van der Waals surface area (Å²) in [4.78, 5) is 29.7. The van der Waals surface area contributed by atoms with Crippen LogP contribution >= 0.6 is 11.6 Å². The minimum atomic E-state index is -5.08. The molecule has 0 atom stereocenters. The van der Waals surface area contributed by atoms with E-state index in [1.165, 1.54) is 5.56 Å². The SMILES string of the molecule is COc1cccc(CN=C(Nc2cccc(C(=O)O)c2)N2CCN(c3cc(Cl)ccc3C)CC2)c1.O=C(O)C(F)(F)F. The van der Waals surface area contributed by atoms with Crippen molar-refractivity contribution in [3.8, 4) is 5.75 Å². The number of benzene rings is 3. The van der Waals surface area contributed by atoms with E-state index in [-0.39, 0.29) is 5.56 Å². The molecular formula is C29H30ClF3N4O5. The Bertz CT molecular complexity index is 1430. The first kappa shape index (κ1) is 32.1. The minimum Gasteiger partial charge on any atom is -0.497 e. The van der Waals surface area contributed by atoms with Crippen molar-refractivity contribution in [2.45, 2.75) is 19.6 Å². The van der Waals surface area contributed by atoms with Crippen LogP contribution < -0.4 is 15.0 Å². The lowest BCUT2D eigenvalue weighted by Crippen LogP contribution is -2.51. The van der Waals surface area contributed by atoms with Gasteiger partial charge in [-0.05, 0) is 60.5 Å². The average molecular weight is 607 g/mol. The third-order valence-electron chi connectivity index (χ3n) is 6.24. The number of aliphatic imine (C=N–C) groups is 1. The van der Waals surface area contributed by atoms with Crippen molar-refractivity contribution in [3.63, 3.8) is 0 Å². The largest absolute Gasteiger partial charge is 0.497 e. The van der Waals surface area contributed by atoms with Crippen LogP contribution in [0.15, 0.2) is 71.7 Å². The van der Waals surface area contributed by atoms with Crippen LogP contribution in [0.2, 0.25) is 5.02 Å². The number of hydrogen-bond acceptors (Lipinski definition) is 5. The molecule has 0 aliphatic carbocycles. The molecule has 13 heteroatoms. The molecule has 0 bridgehead atoms. The first-order valence-corrected chi connectivity index (χ1v) is 13.1.